The number of rotatable bonds is 4. The van der Waals surface area contributed by atoms with E-state index in [1.54, 1.807) is 11.8 Å². The molecule has 1 aromatic carbocycles. The molecule has 1 aromatic rings. The van der Waals surface area contributed by atoms with E-state index in [-0.39, 0.29) is 0 Å². The molecule has 0 radical (unpaired) electrons. The van der Waals surface area contributed by atoms with E-state index in [9.17, 15) is 0 Å². The minimum atomic E-state index is 0.721. The Bertz CT molecular complexity index is 195. The van der Waals surface area contributed by atoms with Crippen LogP contribution in [0, 0.1) is 0 Å². The second-order valence-corrected chi connectivity index (χ2v) is 3.97. The van der Waals surface area contributed by atoms with Gasteiger partial charge in [-0.2, -0.15) is 12.6 Å². The van der Waals surface area contributed by atoms with Crippen molar-refractivity contribution in [1.82, 2.24) is 0 Å². The average molecular weight is 200 g/mol. The summed E-state index contributed by atoms with van der Waals surface area (Å²) in [7, 11) is 0. The molecule has 0 aliphatic heterocycles. The topological polar surface area (TPSA) is 9.23 Å². The maximum absolute atomic E-state index is 5.31. The predicted molar refractivity (Wildman–Crippen MR) is 57.3 cm³/mol. The van der Waals surface area contributed by atoms with Gasteiger partial charge in [-0.05, 0) is 31.2 Å². The van der Waals surface area contributed by atoms with Crippen LogP contribution in [0.15, 0.2) is 29.2 Å². The van der Waals surface area contributed by atoms with Gasteiger partial charge in [-0.1, -0.05) is 0 Å². The van der Waals surface area contributed by atoms with Crippen LogP contribution in [0.3, 0.4) is 0 Å². The van der Waals surface area contributed by atoms with Crippen LogP contribution >= 0.6 is 24.4 Å². The Hall–Kier alpha value is -0.280. The molecule has 0 unspecified atom stereocenters. The summed E-state index contributed by atoms with van der Waals surface area (Å²) >= 11 is 5.84. The molecule has 66 valence electrons. The van der Waals surface area contributed by atoms with E-state index in [1.807, 2.05) is 31.2 Å². The minimum Gasteiger partial charge on any atom is -0.494 e. The van der Waals surface area contributed by atoms with Gasteiger partial charge in [0.25, 0.3) is 0 Å². The average Bonchev–Trinajstić information content (AvgIpc) is 2.09. The highest BCUT2D eigenvalue weighted by Crippen LogP contribution is 2.21. The highest BCUT2D eigenvalue weighted by atomic mass is 32.2. The number of thiol groups is 1. The van der Waals surface area contributed by atoms with E-state index in [0.29, 0.717) is 0 Å². The van der Waals surface area contributed by atoms with Gasteiger partial charge < -0.3 is 4.74 Å². The van der Waals surface area contributed by atoms with Crippen molar-refractivity contribution in [3.8, 4) is 5.75 Å². The van der Waals surface area contributed by atoms with Gasteiger partial charge in [-0.15, -0.1) is 11.8 Å². The van der Waals surface area contributed by atoms with Gasteiger partial charge in [0.05, 0.1) is 6.61 Å². The fraction of sp³-hybridized carbons (Fsp3) is 0.333. The fourth-order valence-corrected chi connectivity index (χ4v) is 1.80. The standard InChI is InChI=1S/C9H12OS2/c1-2-10-8-3-5-9(6-4-8)12-7-11/h3-6,11H,2,7H2,1H3. The zero-order chi connectivity index (χ0) is 8.81. The quantitative estimate of drug-likeness (QED) is 0.454. The Morgan fingerprint density at radius 1 is 1.33 bits per heavy atom. The summed E-state index contributed by atoms with van der Waals surface area (Å²) in [6, 6.07) is 8.06. The molecule has 0 saturated carbocycles. The molecular formula is C9H12OS2. The smallest absolute Gasteiger partial charge is 0.119 e. The number of benzene rings is 1. The van der Waals surface area contributed by atoms with Gasteiger partial charge in [0.2, 0.25) is 0 Å². The summed E-state index contributed by atoms with van der Waals surface area (Å²) in [5.41, 5.74) is 0. The lowest BCUT2D eigenvalue weighted by molar-refractivity contribution is 0.340. The largest absolute Gasteiger partial charge is 0.494 e. The zero-order valence-electron chi connectivity index (χ0n) is 6.99. The van der Waals surface area contributed by atoms with E-state index in [1.165, 1.54) is 4.90 Å². The van der Waals surface area contributed by atoms with Crippen molar-refractivity contribution in [1.29, 1.82) is 0 Å². The van der Waals surface area contributed by atoms with Crippen molar-refractivity contribution in [3.63, 3.8) is 0 Å². The number of hydrogen-bond donors (Lipinski definition) is 1. The SMILES string of the molecule is CCOc1ccc(SCS)cc1. The van der Waals surface area contributed by atoms with Crippen molar-refractivity contribution in [2.45, 2.75) is 11.8 Å². The molecule has 0 fully saturated rings. The molecule has 0 aromatic heterocycles. The lowest BCUT2D eigenvalue weighted by Crippen LogP contribution is -1.90. The third kappa shape index (κ3) is 2.99. The van der Waals surface area contributed by atoms with Gasteiger partial charge in [-0.3, -0.25) is 0 Å². The van der Waals surface area contributed by atoms with Crippen molar-refractivity contribution < 1.29 is 4.74 Å². The molecule has 1 nitrogen and oxygen atoms in total. The number of thioether (sulfide) groups is 1. The Balaban J connectivity index is 2.58. The highest BCUT2D eigenvalue weighted by Gasteiger charge is 1.93. The third-order valence-electron chi connectivity index (χ3n) is 1.37. The molecule has 0 saturated heterocycles. The summed E-state index contributed by atoms with van der Waals surface area (Å²) in [6.07, 6.45) is 0. The summed E-state index contributed by atoms with van der Waals surface area (Å²) < 4.78 is 5.31. The monoisotopic (exact) mass is 200 g/mol. The van der Waals surface area contributed by atoms with E-state index >= 15 is 0 Å². The summed E-state index contributed by atoms with van der Waals surface area (Å²) in [4.78, 5) is 1.23. The molecule has 1 rings (SSSR count). The molecular weight excluding hydrogens is 188 g/mol. The maximum atomic E-state index is 5.31. The Morgan fingerprint density at radius 3 is 2.50 bits per heavy atom. The van der Waals surface area contributed by atoms with Crippen LogP contribution in [0.2, 0.25) is 0 Å². The molecule has 0 amide bonds. The van der Waals surface area contributed by atoms with Crippen molar-refractivity contribution >= 4 is 24.4 Å². The minimum absolute atomic E-state index is 0.721. The van der Waals surface area contributed by atoms with E-state index in [2.05, 4.69) is 12.6 Å². The highest BCUT2D eigenvalue weighted by molar-refractivity contribution is 8.09. The van der Waals surface area contributed by atoms with Gasteiger partial charge in [0.1, 0.15) is 5.75 Å². The summed E-state index contributed by atoms with van der Waals surface area (Å²) in [5, 5.41) is 0.813. The van der Waals surface area contributed by atoms with Crippen molar-refractivity contribution in [3.05, 3.63) is 24.3 Å². The molecule has 0 atom stereocenters. The van der Waals surface area contributed by atoms with Crippen LogP contribution in [0.4, 0.5) is 0 Å². The van der Waals surface area contributed by atoms with Crippen LogP contribution in [0.1, 0.15) is 6.92 Å². The molecule has 12 heavy (non-hydrogen) atoms. The van der Waals surface area contributed by atoms with Crippen molar-refractivity contribution in [2.75, 3.05) is 11.7 Å². The van der Waals surface area contributed by atoms with Gasteiger partial charge in [-0.25, -0.2) is 0 Å². The predicted octanol–water partition coefficient (Wildman–Crippen LogP) is 3.06. The third-order valence-corrected chi connectivity index (χ3v) is 2.49. The van der Waals surface area contributed by atoms with Crippen LogP contribution < -0.4 is 4.74 Å². The van der Waals surface area contributed by atoms with Crippen LogP contribution in [-0.2, 0) is 0 Å². The van der Waals surface area contributed by atoms with Crippen LogP contribution in [0.5, 0.6) is 5.75 Å². The Labute approximate surface area is 82.9 Å². The molecule has 0 N–H and O–H groups in total. The fourth-order valence-electron chi connectivity index (χ4n) is 0.873. The van der Waals surface area contributed by atoms with E-state index < -0.39 is 0 Å². The molecule has 0 heterocycles. The normalized spacial score (nSPS) is 9.83. The first kappa shape index (κ1) is 9.81. The molecule has 0 aliphatic rings. The molecule has 0 aliphatic carbocycles. The van der Waals surface area contributed by atoms with E-state index in [0.717, 1.165) is 17.4 Å². The first-order valence-electron chi connectivity index (χ1n) is 3.83. The van der Waals surface area contributed by atoms with Crippen LogP contribution in [-0.4, -0.2) is 11.7 Å². The van der Waals surface area contributed by atoms with E-state index in [4.69, 9.17) is 4.74 Å². The Kier molecular flexibility index (Phi) is 4.40. The number of ether oxygens (including phenoxy) is 1. The van der Waals surface area contributed by atoms with Crippen LogP contribution in [0.25, 0.3) is 0 Å². The number of hydrogen-bond acceptors (Lipinski definition) is 3. The lowest BCUT2D eigenvalue weighted by Gasteiger charge is -2.03. The molecule has 0 spiro atoms. The second-order valence-electron chi connectivity index (χ2n) is 2.18. The summed E-state index contributed by atoms with van der Waals surface area (Å²) in [5.74, 6) is 0.931. The second kappa shape index (κ2) is 5.38. The zero-order valence-corrected chi connectivity index (χ0v) is 8.70. The first-order chi connectivity index (χ1) is 5.86. The van der Waals surface area contributed by atoms with Gasteiger partial charge in [0.15, 0.2) is 0 Å². The maximum Gasteiger partial charge on any atom is 0.119 e. The first-order valence-corrected chi connectivity index (χ1v) is 5.45. The molecule has 0 bridgehead atoms. The Morgan fingerprint density at radius 2 is 2.00 bits per heavy atom. The lowest BCUT2D eigenvalue weighted by atomic mass is 10.3. The summed E-state index contributed by atoms with van der Waals surface area (Å²) in [6.45, 7) is 2.70. The van der Waals surface area contributed by atoms with Gasteiger partial charge in [0, 0.05) is 9.98 Å². The van der Waals surface area contributed by atoms with Crippen molar-refractivity contribution in [2.24, 2.45) is 0 Å². The molecule has 3 heteroatoms. The van der Waals surface area contributed by atoms with Gasteiger partial charge >= 0.3 is 0 Å².